The molecule has 1 aromatic carbocycles. The van der Waals surface area contributed by atoms with Gasteiger partial charge in [0, 0.05) is 60.0 Å². The standard InChI is InChI=1S/C23H27N3/c1-16-4-7-21-19(12-16)20-14-25(3)11-8-22(20)26(21)15-23(9-10-23)18-6-5-17(2)24-13-18/h4-7,12-13H,8-11,14-15H2,1-3H3. The third-order valence-corrected chi connectivity index (χ3v) is 6.44. The van der Waals surface area contributed by atoms with Crippen molar-refractivity contribution in [3.63, 3.8) is 0 Å². The highest BCUT2D eigenvalue weighted by Crippen LogP contribution is 2.50. The van der Waals surface area contributed by atoms with Crippen LogP contribution in [0, 0.1) is 13.8 Å². The molecule has 3 heterocycles. The van der Waals surface area contributed by atoms with Crippen molar-refractivity contribution in [2.75, 3.05) is 13.6 Å². The van der Waals surface area contributed by atoms with Gasteiger partial charge in [0.15, 0.2) is 0 Å². The van der Waals surface area contributed by atoms with Crippen LogP contribution in [0.2, 0.25) is 0 Å². The molecule has 0 saturated heterocycles. The Morgan fingerprint density at radius 1 is 1.12 bits per heavy atom. The van der Waals surface area contributed by atoms with E-state index in [2.05, 4.69) is 71.9 Å². The van der Waals surface area contributed by atoms with Gasteiger partial charge in [-0.2, -0.15) is 0 Å². The second-order valence-electron chi connectivity index (χ2n) is 8.49. The number of benzene rings is 1. The summed E-state index contributed by atoms with van der Waals surface area (Å²) in [6.07, 6.45) is 5.82. The minimum absolute atomic E-state index is 0.286. The van der Waals surface area contributed by atoms with Gasteiger partial charge < -0.3 is 9.47 Å². The molecule has 2 aliphatic rings. The normalized spacial score (nSPS) is 18.9. The number of hydrogen-bond donors (Lipinski definition) is 0. The molecule has 134 valence electrons. The van der Waals surface area contributed by atoms with E-state index in [1.807, 2.05) is 0 Å². The Kier molecular flexibility index (Phi) is 3.51. The monoisotopic (exact) mass is 345 g/mol. The van der Waals surface area contributed by atoms with E-state index >= 15 is 0 Å². The van der Waals surface area contributed by atoms with Crippen LogP contribution in [0.15, 0.2) is 36.5 Å². The second-order valence-corrected chi connectivity index (χ2v) is 8.49. The molecule has 0 radical (unpaired) electrons. The van der Waals surface area contributed by atoms with Crippen molar-refractivity contribution in [1.82, 2.24) is 14.5 Å². The third kappa shape index (κ3) is 2.49. The first-order chi connectivity index (χ1) is 12.6. The molecular formula is C23H27N3. The quantitative estimate of drug-likeness (QED) is 0.703. The first kappa shape index (κ1) is 16.1. The van der Waals surface area contributed by atoms with Crippen molar-refractivity contribution in [3.8, 4) is 0 Å². The molecule has 0 N–H and O–H groups in total. The maximum atomic E-state index is 4.57. The van der Waals surface area contributed by atoms with E-state index in [9.17, 15) is 0 Å². The molecule has 0 amide bonds. The zero-order chi connectivity index (χ0) is 17.9. The maximum absolute atomic E-state index is 4.57. The van der Waals surface area contributed by atoms with Crippen LogP contribution >= 0.6 is 0 Å². The number of pyridine rings is 1. The first-order valence-electron chi connectivity index (χ1n) is 9.78. The summed E-state index contributed by atoms with van der Waals surface area (Å²) in [6, 6.07) is 11.5. The average molecular weight is 345 g/mol. The van der Waals surface area contributed by atoms with Gasteiger partial charge in [0.2, 0.25) is 0 Å². The zero-order valence-corrected chi connectivity index (χ0v) is 16.0. The van der Waals surface area contributed by atoms with Crippen LogP contribution < -0.4 is 0 Å². The van der Waals surface area contributed by atoms with Crippen molar-refractivity contribution in [2.45, 2.75) is 51.6 Å². The number of hydrogen-bond acceptors (Lipinski definition) is 2. The zero-order valence-electron chi connectivity index (χ0n) is 16.0. The van der Waals surface area contributed by atoms with E-state index in [4.69, 9.17) is 0 Å². The van der Waals surface area contributed by atoms with E-state index in [-0.39, 0.29) is 5.41 Å². The highest BCUT2D eigenvalue weighted by atomic mass is 15.1. The number of likely N-dealkylation sites (N-methyl/N-ethyl adjacent to an activating group) is 1. The van der Waals surface area contributed by atoms with Crippen LogP contribution in [0.1, 0.15) is 40.9 Å². The Labute approximate surface area is 155 Å². The molecule has 1 fully saturated rings. The minimum Gasteiger partial charge on any atom is -0.343 e. The SMILES string of the molecule is Cc1ccc2c(c1)c1c(n2CC2(c3ccc(C)nc3)CC2)CCN(C)C1. The molecule has 1 aliphatic heterocycles. The van der Waals surface area contributed by atoms with Gasteiger partial charge >= 0.3 is 0 Å². The van der Waals surface area contributed by atoms with Crippen molar-refractivity contribution in [1.29, 1.82) is 0 Å². The fraction of sp³-hybridized carbons (Fsp3) is 0.435. The molecule has 2 aromatic heterocycles. The van der Waals surface area contributed by atoms with E-state index in [0.29, 0.717) is 0 Å². The van der Waals surface area contributed by atoms with Gasteiger partial charge in [0.05, 0.1) is 0 Å². The molecule has 3 nitrogen and oxygen atoms in total. The lowest BCUT2D eigenvalue weighted by Gasteiger charge is -2.26. The fourth-order valence-corrected chi connectivity index (χ4v) is 4.65. The summed E-state index contributed by atoms with van der Waals surface area (Å²) < 4.78 is 2.64. The van der Waals surface area contributed by atoms with Gasteiger partial charge in [-0.05, 0) is 63.1 Å². The van der Waals surface area contributed by atoms with Gasteiger partial charge in [0.25, 0.3) is 0 Å². The van der Waals surface area contributed by atoms with Crippen LogP contribution in [0.5, 0.6) is 0 Å². The summed E-state index contributed by atoms with van der Waals surface area (Å²) in [7, 11) is 2.24. The molecule has 3 heteroatoms. The molecular weight excluding hydrogens is 318 g/mol. The maximum Gasteiger partial charge on any atom is 0.0486 e. The van der Waals surface area contributed by atoms with Crippen molar-refractivity contribution >= 4 is 10.9 Å². The van der Waals surface area contributed by atoms with Crippen molar-refractivity contribution in [2.24, 2.45) is 0 Å². The molecule has 1 saturated carbocycles. The van der Waals surface area contributed by atoms with Crippen LogP contribution in [-0.2, 0) is 24.9 Å². The van der Waals surface area contributed by atoms with Gasteiger partial charge in [-0.3, -0.25) is 4.98 Å². The van der Waals surface area contributed by atoms with Crippen LogP contribution in [-0.4, -0.2) is 28.0 Å². The molecule has 5 rings (SSSR count). The summed E-state index contributed by atoms with van der Waals surface area (Å²) in [4.78, 5) is 7.02. The number of fused-ring (bicyclic) bond motifs is 3. The van der Waals surface area contributed by atoms with Crippen LogP contribution in [0.4, 0.5) is 0 Å². The Bertz CT molecular complexity index is 977. The van der Waals surface area contributed by atoms with E-state index in [0.717, 1.165) is 31.7 Å². The summed E-state index contributed by atoms with van der Waals surface area (Å²) in [5.41, 5.74) is 8.70. The van der Waals surface area contributed by atoms with Gasteiger partial charge in [0.1, 0.15) is 0 Å². The number of aromatic nitrogens is 2. The summed E-state index contributed by atoms with van der Waals surface area (Å²) in [6.45, 7) is 7.59. The second kappa shape index (κ2) is 5.68. The molecule has 1 aliphatic carbocycles. The van der Waals surface area contributed by atoms with Gasteiger partial charge in [-0.15, -0.1) is 0 Å². The number of rotatable bonds is 3. The van der Waals surface area contributed by atoms with E-state index in [1.54, 1.807) is 11.3 Å². The van der Waals surface area contributed by atoms with E-state index < -0.39 is 0 Å². The van der Waals surface area contributed by atoms with Gasteiger partial charge in [-0.1, -0.05) is 17.7 Å². The summed E-state index contributed by atoms with van der Waals surface area (Å²) in [5, 5.41) is 1.46. The average Bonchev–Trinajstić information content (AvgIpc) is 3.35. The van der Waals surface area contributed by atoms with E-state index in [1.165, 1.54) is 34.9 Å². The Morgan fingerprint density at radius 3 is 2.69 bits per heavy atom. The lowest BCUT2D eigenvalue weighted by molar-refractivity contribution is 0.308. The lowest BCUT2D eigenvalue weighted by Crippen LogP contribution is -2.28. The summed E-state index contributed by atoms with van der Waals surface area (Å²) in [5.74, 6) is 0. The third-order valence-electron chi connectivity index (χ3n) is 6.44. The smallest absolute Gasteiger partial charge is 0.0486 e. The topological polar surface area (TPSA) is 21.1 Å². The molecule has 0 unspecified atom stereocenters. The van der Waals surface area contributed by atoms with Crippen LogP contribution in [0.25, 0.3) is 10.9 Å². The predicted molar refractivity (Wildman–Crippen MR) is 107 cm³/mol. The van der Waals surface area contributed by atoms with Crippen molar-refractivity contribution in [3.05, 3.63) is 64.6 Å². The Balaban J connectivity index is 1.62. The first-order valence-corrected chi connectivity index (χ1v) is 9.78. The number of nitrogens with zero attached hydrogens (tertiary/aromatic N) is 3. The largest absolute Gasteiger partial charge is 0.343 e. The highest BCUT2D eigenvalue weighted by molar-refractivity contribution is 5.86. The summed E-state index contributed by atoms with van der Waals surface area (Å²) >= 11 is 0. The highest BCUT2D eigenvalue weighted by Gasteiger charge is 2.45. The predicted octanol–water partition coefficient (Wildman–Crippen LogP) is 4.37. The number of aryl methyl sites for hydroxylation is 2. The van der Waals surface area contributed by atoms with Crippen LogP contribution in [0.3, 0.4) is 0 Å². The lowest BCUT2D eigenvalue weighted by atomic mass is 9.97. The molecule has 0 atom stereocenters. The Hall–Kier alpha value is -2.13. The Morgan fingerprint density at radius 2 is 1.96 bits per heavy atom. The van der Waals surface area contributed by atoms with Crippen molar-refractivity contribution < 1.29 is 0 Å². The molecule has 26 heavy (non-hydrogen) atoms. The molecule has 0 spiro atoms. The van der Waals surface area contributed by atoms with Gasteiger partial charge in [-0.25, -0.2) is 0 Å². The molecule has 3 aromatic rings. The fourth-order valence-electron chi connectivity index (χ4n) is 4.65. The minimum atomic E-state index is 0.286. The molecule has 0 bridgehead atoms.